The maximum atomic E-state index is 12.7. The first kappa shape index (κ1) is 29.2. The fourth-order valence-corrected chi connectivity index (χ4v) is 2.97. The third-order valence-corrected chi connectivity index (χ3v) is 4.82. The maximum absolute atomic E-state index is 12.7. The lowest BCUT2D eigenvalue weighted by Crippen LogP contribution is -2.26. The van der Waals surface area contributed by atoms with E-state index in [1.165, 1.54) is 14.2 Å². The molecule has 0 saturated heterocycles. The molecule has 0 N–H and O–H groups in total. The standard InChI is InChI=1S/C27H30O10/c1-19(25(29)37-24(21-12-8-5-9-13-21)27(31)35-17-15-33-3)18-22(28)36-23(20-10-6-4-7-11-20)26(30)34-16-14-32-2/h4-13,23-24H,1,14-18H2,2-3H3. The molecule has 0 aliphatic heterocycles. The van der Waals surface area contributed by atoms with Crippen molar-refractivity contribution in [3.63, 3.8) is 0 Å². The molecule has 2 aromatic rings. The van der Waals surface area contributed by atoms with E-state index in [0.29, 0.717) is 11.1 Å². The summed E-state index contributed by atoms with van der Waals surface area (Å²) >= 11 is 0. The quantitative estimate of drug-likeness (QED) is 0.152. The number of esters is 4. The molecule has 10 heteroatoms. The minimum Gasteiger partial charge on any atom is -0.460 e. The van der Waals surface area contributed by atoms with Crippen LogP contribution in [0.5, 0.6) is 0 Å². The third kappa shape index (κ3) is 9.86. The van der Waals surface area contributed by atoms with Gasteiger partial charge in [0.2, 0.25) is 12.2 Å². The van der Waals surface area contributed by atoms with Crippen LogP contribution >= 0.6 is 0 Å². The highest BCUT2D eigenvalue weighted by atomic mass is 16.6. The predicted octanol–water partition coefficient (Wildman–Crippen LogP) is 2.88. The zero-order chi connectivity index (χ0) is 27.0. The van der Waals surface area contributed by atoms with Crippen LogP contribution < -0.4 is 0 Å². The zero-order valence-electron chi connectivity index (χ0n) is 20.8. The Hall–Kier alpha value is -4.02. The highest BCUT2D eigenvalue weighted by Crippen LogP contribution is 2.23. The van der Waals surface area contributed by atoms with Gasteiger partial charge in [-0.1, -0.05) is 67.2 Å². The van der Waals surface area contributed by atoms with Crippen molar-refractivity contribution in [2.75, 3.05) is 40.6 Å². The van der Waals surface area contributed by atoms with Gasteiger partial charge >= 0.3 is 23.9 Å². The highest BCUT2D eigenvalue weighted by molar-refractivity contribution is 5.95. The lowest BCUT2D eigenvalue weighted by Gasteiger charge is -2.19. The predicted molar refractivity (Wildman–Crippen MR) is 130 cm³/mol. The summed E-state index contributed by atoms with van der Waals surface area (Å²) in [4.78, 5) is 50.4. The Morgan fingerprint density at radius 1 is 0.676 bits per heavy atom. The van der Waals surface area contributed by atoms with Gasteiger partial charge in [0.25, 0.3) is 0 Å². The van der Waals surface area contributed by atoms with Crippen LogP contribution in [-0.4, -0.2) is 64.5 Å². The van der Waals surface area contributed by atoms with E-state index in [2.05, 4.69) is 6.58 Å². The monoisotopic (exact) mass is 514 g/mol. The molecule has 0 heterocycles. The van der Waals surface area contributed by atoms with Gasteiger partial charge in [0.1, 0.15) is 13.2 Å². The van der Waals surface area contributed by atoms with Crippen LogP contribution in [0.3, 0.4) is 0 Å². The first-order chi connectivity index (χ1) is 17.9. The van der Waals surface area contributed by atoms with Gasteiger partial charge in [-0.05, 0) is 0 Å². The van der Waals surface area contributed by atoms with Gasteiger partial charge in [-0.2, -0.15) is 0 Å². The Labute approximate surface area is 215 Å². The summed E-state index contributed by atoms with van der Waals surface area (Å²) in [6, 6.07) is 16.5. The molecule has 10 nitrogen and oxygen atoms in total. The molecule has 0 saturated carbocycles. The van der Waals surface area contributed by atoms with Crippen molar-refractivity contribution < 1.29 is 47.6 Å². The van der Waals surface area contributed by atoms with E-state index < -0.39 is 42.5 Å². The highest BCUT2D eigenvalue weighted by Gasteiger charge is 2.30. The van der Waals surface area contributed by atoms with E-state index in [9.17, 15) is 19.2 Å². The molecule has 2 rings (SSSR count). The second-order valence-electron chi connectivity index (χ2n) is 7.58. The lowest BCUT2D eigenvalue weighted by molar-refractivity contribution is -0.170. The van der Waals surface area contributed by atoms with Crippen LogP contribution in [0.15, 0.2) is 72.8 Å². The van der Waals surface area contributed by atoms with Gasteiger partial charge in [-0.15, -0.1) is 0 Å². The van der Waals surface area contributed by atoms with Crippen molar-refractivity contribution in [3.05, 3.63) is 83.9 Å². The molecule has 0 spiro atoms. The van der Waals surface area contributed by atoms with E-state index in [-0.39, 0.29) is 32.0 Å². The minimum absolute atomic E-state index is 0.0311. The third-order valence-electron chi connectivity index (χ3n) is 4.82. The molecule has 0 aliphatic carbocycles. The van der Waals surface area contributed by atoms with Crippen molar-refractivity contribution in [2.45, 2.75) is 18.6 Å². The number of hydrogen-bond donors (Lipinski definition) is 0. The second kappa shape index (κ2) is 15.9. The normalized spacial score (nSPS) is 12.1. The molecule has 37 heavy (non-hydrogen) atoms. The number of carbonyl (C=O) groups is 4. The van der Waals surface area contributed by atoms with Crippen LogP contribution in [0.4, 0.5) is 0 Å². The van der Waals surface area contributed by atoms with Crippen LogP contribution in [0.2, 0.25) is 0 Å². The van der Waals surface area contributed by atoms with Gasteiger partial charge in [-0.3, -0.25) is 4.79 Å². The fraction of sp³-hybridized carbons (Fsp3) is 0.333. The second-order valence-corrected chi connectivity index (χ2v) is 7.58. The van der Waals surface area contributed by atoms with Crippen molar-refractivity contribution in [1.29, 1.82) is 0 Å². The molecule has 0 aromatic heterocycles. The van der Waals surface area contributed by atoms with Crippen LogP contribution in [0.25, 0.3) is 0 Å². The van der Waals surface area contributed by atoms with E-state index >= 15 is 0 Å². The topological polar surface area (TPSA) is 124 Å². The Morgan fingerprint density at radius 3 is 1.54 bits per heavy atom. The lowest BCUT2D eigenvalue weighted by atomic mass is 10.1. The van der Waals surface area contributed by atoms with E-state index in [1.807, 2.05) is 0 Å². The molecule has 198 valence electrons. The number of benzene rings is 2. The molecule has 0 amide bonds. The Bertz CT molecular complexity index is 1040. The molecule has 2 aromatic carbocycles. The van der Waals surface area contributed by atoms with Crippen molar-refractivity contribution in [2.24, 2.45) is 0 Å². The maximum Gasteiger partial charge on any atom is 0.352 e. The molecular formula is C27H30O10. The number of rotatable bonds is 15. The van der Waals surface area contributed by atoms with Gasteiger partial charge in [0.15, 0.2) is 0 Å². The summed E-state index contributed by atoms with van der Waals surface area (Å²) in [5.74, 6) is -3.53. The molecular weight excluding hydrogens is 484 g/mol. The summed E-state index contributed by atoms with van der Waals surface area (Å²) in [6.45, 7) is 3.84. The molecule has 2 unspecified atom stereocenters. The van der Waals surface area contributed by atoms with E-state index in [0.717, 1.165) is 0 Å². The Balaban J connectivity index is 2.06. The van der Waals surface area contributed by atoms with Gasteiger partial charge in [0, 0.05) is 30.9 Å². The summed E-state index contributed by atoms with van der Waals surface area (Å²) in [5, 5.41) is 0. The summed E-state index contributed by atoms with van der Waals surface area (Å²) in [5.41, 5.74) is 0.473. The average Bonchev–Trinajstić information content (AvgIpc) is 2.91. The number of methoxy groups -OCH3 is 2. The molecule has 0 fully saturated rings. The molecule has 0 radical (unpaired) electrons. The fourth-order valence-electron chi connectivity index (χ4n) is 2.97. The smallest absolute Gasteiger partial charge is 0.352 e. The average molecular weight is 515 g/mol. The summed E-state index contributed by atoms with van der Waals surface area (Å²) in [6.07, 6.45) is -3.33. The largest absolute Gasteiger partial charge is 0.460 e. The number of hydrogen-bond acceptors (Lipinski definition) is 10. The van der Waals surface area contributed by atoms with Gasteiger partial charge < -0.3 is 28.4 Å². The molecule has 2 atom stereocenters. The minimum atomic E-state index is -1.38. The Morgan fingerprint density at radius 2 is 1.11 bits per heavy atom. The van der Waals surface area contributed by atoms with Gasteiger partial charge in [-0.25, -0.2) is 14.4 Å². The van der Waals surface area contributed by atoms with Crippen LogP contribution in [-0.2, 0) is 47.6 Å². The van der Waals surface area contributed by atoms with Crippen molar-refractivity contribution in [1.82, 2.24) is 0 Å². The van der Waals surface area contributed by atoms with Crippen LogP contribution in [0, 0.1) is 0 Å². The molecule has 0 bridgehead atoms. The first-order valence-electron chi connectivity index (χ1n) is 11.4. The first-order valence-corrected chi connectivity index (χ1v) is 11.4. The zero-order valence-corrected chi connectivity index (χ0v) is 20.8. The van der Waals surface area contributed by atoms with Crippen molar-refractivity contribution >= 4 is 23.9 Å². The number of ether oxygens (including phenoxy) is 6. The Kier molecular flexibility index (Phi) is 12.5. The van der Waals surface area contributed by atoms with Crippen LogP contribution in [0.1, 0.15) is 29.8 Å². The van der Waals surface area contributed by atoms with Gasteiger partial charge in [0.05, 0.1) is 19.6 Å². The van der Waals surface area contributed by atoms with E-state index in [4.69, 9.17) is 28.4 Å². The molecule has 0 aliphatic rings. The van der Waals surface area contributed by atoms with E-state index in [1.54, 1.807) is 60.7 Å². The van der Waals surface area contributed by atoms with Crippen molar-refractivity contribution in [3.8, 4) is 0 Å². The SMILES string of the molecule is C=C(CC(=O)OC(C(=O)OCCOC)c1ccccc1)C(=O)OC(C(=O)OCCOC)c1ccccc1. The number of carbonyl (C=O) groups excluding carboxylic acids is 4. The summed E-state index contributed by atoms with van der Waals surface area (Å²) < 4.78 is 30.6. The summed E-state index contributed by atoms with van der Waals surface area (Å²) in [7, 11) is 2.90.